The van der Waals surface area contributed by atoms with Gasteiger partial charge < -0.3 is 0 Å². The van der Waals surface area contributed by atoms with Crippen LogP contribution in [0.2, 0.25) is 0 Å². The first-order chi connectivity index (χ1) is 5.59. The largest absolute Gasteiger partial charge is 0.207 e. The lowest BCUT2D eigenvalue weighted by Gasteiger charge is -2.03. The minimum atomic E-state index is -0.190. The van der Waals surface area contributed by atoms with Crippen LogP contribution in [0.4, 0.5) is 4.39 Å². The van der Waals surface area contributed by atoms with Crippen molar-refractivity contribution in [3.8, 4) is 0 Å². The summed E-state index contributed by atoms with van der Waals surface area (Å²) < 4.78 is 13.6. The van der Waals surface area contributed by atoms with Crippen molar-refractivity contribution in [2.45, 2.75) is 13.3 Å². The van der Waals surface area contributed by atoms with Crippen molar-refractivity contribution in [2.24, 2.45) is 0 Å². The summed E-state index contributed by atoms with van der Waals surface area (Å²) in [7, 11) is 0. The Morgan fingerprint density at radius 3 is 2.83 bits per heavy atom. The van der Waals surface area contributed by atoms with Gasteiger partial charge in [-0.1, -0.05) is 28.6 Å². The Balaban J connectivity index is 2.97. The second kappa shape index (κ2) is 3.85. The van der Waals surface area contributed by atoms with Gasteiger partial charge in [0.05, 0.1) is 0 Å². The van der Waals surface area contributed by atoms with Gasteiger partial charge in [-0.05, 0) is 34.7 Å². The molecule has 0 aliphatic rings. The van der Waals surface area contributed by atoms with Crippen LogP contribution in [0.1, 0.15) is 11.1 Å². The summed E-state index contributed by atoms with van der Waals surface area (Å²) >= 11 is 3.25. The fourth-order valence-corrected chi connectivity index (χ4v) is 1.34. The zero-order chi connectivity index (χ0) is 9.14. The average molecular weight is 229 g/mol. The molecule has 0 unspecified atom stereocenters. The molecule has 0 fully saturated rings. The molecule has 0 saturated heterocycles. The predicted octanol–water partition coefficient (Wildman–Crippen LogP) is 3.59. The van der Waals surface area contributed by atoms with E-state index >= 15 is 0 Å². The Bertz CT molecular complexity index is 305. The molecule has 64 valence electrons. The predicted molar refractivity (Wildman–Crippen MR) is 52.9 cm³/mol. The summed E-state index contributed by atoms with van der Waals surface area (Å²) in [5, 5.41) is 0. The van der Waals surface area contributed by atoms with Gasteiger partial charge in [-0.25, -0.2) is 4.39 Å². The molecule has 0 aromatic heterocycles. The van der Waals surface area contributed by atoms with Crippen LogP contribution in [0.3, 0.4) is 0 Å². The molecule has 0 aliphatic heterocycles. The Labute approximate surface area is 80.2 Å². The minimum absolute atomic E-state index is 0.190. The van der Waals surface area contributed by atoms with Crippen molar-refractivity contribution in [3.05, 3.63) is 46.2 Å². The topological polar surface area (TPSA) is 0 Å². The third-order valence-corrected chi connectivity index (χ3v) is 1.97. The lowest BCUT2D eigenvalue weighted by molar-refractivity contribution is 0.625. The second-order valence-electron chi connectivity index (χ2n) is 2.76. The average Bonchev–Trinajstić information content (AvgIpc) is 1.96. The Kier molecular flexibility index (Phi) is 3.04. The number of hydrogen-bond donors (Lipinski definition) is 0. The van der Waals surface area contributed by atoms with Gasteiger partial charge in [0.1, 0.15) is 5.82 Å². The van der Waals surface area contributed by atoms with Crippen molar-refractivity contribution < 1.29 is 4.39 Å². The zero-order valence-electron chi connectivity index (χ0n) is 6.90. The monoisotopic (exact) mass is 228 g/mol. The van der Waals surface area contributed by atoms with E-state index in [1.165, 1.54) is 6.07 Å². The molecule has 0 spiro atoms. The van der Waals surface area contributed by atoms with Crippen LogP contribution in [0.5, 0.6) is 0 Å². The molecule has 0 radical (unpaired) electrons. The maximum atomic E-state index is 12.8. The summed E-state index contributed by atoms with van der Waals surface area (Å²) in [6.07, 6.45) is 0.684. The van der Waals surface area contributed by atoms with Crippen LogP contribution in [-0.2, 0) is 6.42 Å². The van der Waals surface area contributed by atoms with Gasteiger partial charge >= 0.3 is 0 Å². The number of allylic oxidation sites excluding steroid dienone is 1. The minimum Gasteiger partial charge on any atom is -0.207 e. The summed E-state index contributed by atoms with van der Waals surface area (Å²) in [5.74, 6) is -0.190. The van der Waals surface area contributed by atoms with Crippen molar-refractivity contribution >= 4 is 15.9 Å². The fraction of sp³-hybridized carbons (Fsp3) is 0.200. The van der Waals surface area contributed by atoms with E-state index in [0.29, 0.717) is 6.42 Å². The summed E-state index contributed by atoms with van der Waals surface area (Å²) in [4.78, 5) is 0. The molecule has 2 heteroatoms. The van der Waals surface area contributed by atoms with Crippen LogP contribution in [0.25, 0.3) is 0 Å². The van der Waals surface area contributed by atoms with Crippen molar-refractivity contribution in [1.29, 1.82) is 0 Å². The molecular weight excluding hydrogens is 219 g/mol. The molecule has 0 bridgehead atoms. The van der Waals surface area contributed by atoms with Crippen LogP contribution in [-0.4, -0.2) is 0 Å². The van der Waals surface area contributed by atoms with E-state index in [1.54, 1.807) is 12.1 Å². The quantitative estimate of drug-likeness (QED) is 0.726. The van der Waals surface area contributed by atoms with Gasteiger partial charge in [-0.15, -0.1) is 0 Å². The van der Waals surface area contributed by atoms with Crippen molar-refractivity contribution in [1.82, 2.24) is 0 Å². The normalized spacial score (nSPS) is 9.92. The third kappa shape index (κ3) is 2.45. The van der Waals surface area contributed by atoms with E-state index < -0.39 is 0 Å². The van der Waals surface area contributed by atoms with Gasteiger partial charge in [0, 0.05) is 6.42 Å². The zero-order valence-corrected chi connectivity index (χ0v) is 8.49. The van der Waals surface area contributed by atoms with Crippen LogP contribution < -0.4 is 0 Å². The first kappa shape index (κ1) is 9.46. The molecule has 1 aromatic carbocycles. The second-order valence-corrected chi connectivity index (χ2v) is 3.89. The molecule has 0 aliphatic carbocycles. The van der Waals surface area contributed by atoms with Crippen LogP contribution in [0.15, 0.2) is 29.3 Å². The van der Waals surface area contributed by atoms with E-state index in [-0.39, 0.29) is 5.82 Å². The maximum absolute atomic E-state index is 12.8. The highest BCUT2D eigenvalue weighted by Gasteiger charge is 2.00. The van der Waals surface area contributed by atoms with Gasteiger partial charge in [0.15, 0.2) is 0 Å². The van der Waals surface area contributed by atoms with E-state index in [2.05, 4.69) is 22.5 Å². The lowest BCUT2D eigenvalue weighted by Crippen LogP contribution is -1.90. The summed E-state index contributed by atoms with van der Waals surface area (Å²) in [5.41, 5.74) is 2.08. The van der Waals surface area contributed by atoms with Crippen LogP contribution in [0, 0.1) is 12.7 Å². The summed E-state index contributed by atoms with van der Waals surface area (Å²) in [6, 6.07) is 4.79. The molecule has 0 saturated carbocycles. The lowest BCUT2D eigenvalue weighted by atomic mass is 10.1. The first-order valence-electron chi connectivity index (χ1n) is 3.68. The van der Waals surface area contributed by atoms with E-state index in [0.717, 1.165) is 15.6 Å². The molecule has 0 N–H and O–H groups in total. The van der Waals surface area contributed by atoms with E-state index in [4.69, 9.17) is 0 Å². The SMILES string of the molecule is C=C(Br)Cc1cc(F)ccc1C. The van der Waals surface area contributed by atoms with Gasteiger partial charge in [-0.3, -0.25) is 0 Å². The third-order valence-electron chi connectivity index (χ3n) is 1.69. The van der Waals surface area contributed by atoms with Gasteiger partial charge in [0.2, 0.25) is 0 Å². The van der Waals surface area contributed by atoms with E-state index in [9.17, 15) is 4.39 Å². The molecule has 0 nitrogen and oxygen atoms in total. The molecule has 1 aromatic rings. The van der Waals surface area contributed by atoms with E-state index in [1.807, 2.05) is 6.92 Å². The van der Waals surface area contributed by atoms with Crippen molar-refractivity contribution in [3.63, 3.8) is 0 Å². The number of aryl methyl sites for hydroxylation is 1. The highest BCUT2D eigenvalue weighted by Crippen LogP contribution is 2.16. The maximum Gasteiger partial charge on any atom is 0.123 e. The number of benzene rings is 1. The summed E-state index contributed by atoms with van der Waals surface area (Å²) in [6.45, 7) is 5.68. The molecule has 1 rings (SSSR count). The smallest absolute Gasteiger partial charge is 0.123 e. The Morgan fingerprint density at radius 1 is 1.58 bits per heavy atom. The fourth-order valence-electron chi connectivity index (χ4n) is 1.04. The molecule has 0 amide bonds. The van der Waals surface area contributed by atoms with Crippen LogP contribution >= 0.6 is 15.9 Å². The van der Waals surface area contributed by atoms with Gasteiger partial charge in [-0.2, -0.15) is 0 Å². The first-order valence-corrected chi connectivity index (χ1v) is 4.47. The molecule has 12 heavy (non-hydrogen) atoms. The number of halogens is 2. The van der Waals surface area contributed by atoms with Crippen molar-refractivity contribution in [2.75, 3.05) is 0 Å². The Hall–Kier alpha value is -0.630. The Morgan fingerprint density at radius 2 is 2.25 bits per heavy atom. The molecule has 0 heterocycles. The number of rotatable bonds is 2. The van der Waals surface area contributed by atoms with Gasteiger partial charge in [0.25, 0.3) is 0 Å². The molecule has 0 atom stereocenters. The molecular formula is C10H10BrF. The highest BCUT2D eigenvalue weighted by molar-refractivity contribution is 9.11. The highest BCUT2D eigenvalue weighted by atomic mass is 79.9. The number of hydrogen-bond acceptors (Lipinski definition) is 0. The standard InChI is InChI=1S/C10H10BrF/c1-7-3-4-10(12)6-9(7)5-8(2)11/h3-4,6H,2,5H2,1H3.